The lowest BCUT2D eigenvalue weighted by Crippen LogP contribution is -2.43. The van der Waals surface area contributed by atoms with Gasteiger partial charge in [0.2, 0.25) is 5.91 Å². The second kappa shape index (κ2) is 7.65. The normalized spacial score (nSPS) is 12.7. The first-order valence-electron chi connectivity index (χ1n) is 5.78. The van der Waals surface area contributed by atoms with Gasteiger partial charge in [0.05, 0.1) is 12.6 Å². The maximum absolute atomic E-state index is 11.3. The van der Waals surface area contributed by atoms with E-state index in [4.69, 9.17) is 33.7 Å². The third-order valence-electron chi connectivity index (χ3n) is 2.75. The van der Waals surface area contributed by atoms with Crippen LogP contribution in [0.2, 0.25) is 10.3 Å². The third-order valence-corrected chi connectivity index (χ3v) is 3.14. The Bertz CT molecular complexity index is 423. The molecule has 5 nitrogen and oxygen atoms in total. The van der Waals surface area contributed by atoms with E-state index in [9.17, 15) is 4.79 Å². The fourth-order valence-corrected chi connectivity index (χ4v) is 2.14. The summed E-state index contributed by atoms with van der Waals surface area (Å²) >= 11 is 11.7. The highest BCUT2D eigenvalue weighted by atomic mass is 35.5. The maximum Gasteiger partial charge on any atom is 0.234 e. The number of rotatable bonds is 7. The van der Waals surface area contributed by atoms with E-state index in [2.05, 4.69) is 4.98 Å². The summed E-state index contributed by atoms with van der Waals surface area (Å²) in [5, 5.41) is 0.641. The molecule has 0 bridgehead atoms. The summed E-state index contributed by atoms with van der Waals surface area (Å²) in [5.74, 6) is -0.387. The van der Waals surface area contributed by atoms with Crippen LogP contribution in [0.15, 0.2) is 12.1 Å². The minimum Gasteiger partial charge on any atom is -0.383 e. The maximum atomic E-state index is 11.3. The Hall–Kier alpha value is -0.880. The average molecular weight is 306 g/mol. The van der Waals surface area contributed by atoms with Crippen LogP contribution in [0.25, 0.3) is 0 Å². The third kappa shape index (κ3) is 5.32. The first-order chi connectivity index (χ1) is 8.93. The lowest BCUT2D eigenvalue weighted by Gasteiger charge is -2.26. The number of primary amides is 1. The molecule has 1 rings (SSSR count). The SMILES string of the molecule is COCCN(Cc1cc(Cl)nc(Cl)c1)C(C)C(N)=O. The first-order valence-corrected chi connectivity index (χ1v) is 6.54. The van der Waals surface area contributed by atoms with E-state index in [1.54, 1.807) is 26.2 Å². The van der Waals surface area contributed by atoms with Crippen molar-refractivity contribution in [3.05, 3.63) is 28.0 Å². The number of hydrogen-bond acceptors (Lipinski definition) is 4. The number of nitrogens with zero attached hydrogens (tertiary/aromatic N) is 2. The minimum absolute atomic E-state index is 0.320. The molecular formula is C12H17Cl2N3O2. The topological polar surface area (TPSA) is 68.4 Å². The smallest absolute Gasteiger partial charge is 0.234 e. The van der Waals surface area contributed by atoms with E-state index in [-0.39, 0.29) is 5.91 Å². The van der Waals surface area contributed by atoms with Gasteiger partial charge in [-0.25, -0.2) is 4.98 Å². The van der Waals surface area contributed by atoms with Gasteiger partial charge >= 0.3 is 0 Å². The second-order valence-corrected chi connectivity index (χ2v) is 4.94. The number of hydrogen-bond donors (Lipinski definition) is 1. The largest absolute Gasteiger partial charge is 0.383 e. The summed E-state index contributed by atoms with van der Waals surface area (Å²) in [4.78, 5) is 17.1. The zero-order valence-electron chi connectivity index (χ0n) is 10.9. The van der Waals surface area contributed by atoms with E-state index in [0.29, 0.717) is 30.0 Å². The Balaban J connectivity index is 2.83. The molecular weight excluding hydrogens is 289 g/mol. The molecule has 0 fully saturated rings. The molecule has 2 N–H and O–H groups in total. The summed E-state index contributed by atoms with van der Waals surface area (Å²) < 4.78 is 5.03. The molecule has 1 amide bonds. The van der Waals surface area contributed by atoms with Gasteiger partial charge in [0.25, 0.3) is 0 Å². The standard InChI is InChI=1S/C12H17Cl2N3O2/c1-8(12(15)18)17(3-4-19-2)7-9-5-10(13)16-11(14)6-9/h5-6,8H,3-4,7H2,1-2H3,(H2,15,18). The van der Waals surface area contributed by atoms with Crippen molar-refractivity contribution in [1.82, 2.24) is 9.88 Å². The number of ether oxygens (including phenoxy) is 1. The lowest BCUT2D eigenvalue weighted by atomic mass is 10.2. The number of halogens is 2. The van der Waals surface area contributed by atoms with Crippen molar-refractivity contribution in [2.45, 2.75) is 19.5 Å². The molecule has 1 aromatic heterocycles. The van der Waals surface area contributed by atoms with Crippen LogP contribution in [-0.2, 0) is 16.1 Å². The molecule has 0 radical (unpaired) electrons. The molecule has 0 aromatic carbocycles. The van der Waals surface area contributed by atoms with Gasteiger partial charge in [-0.2, -0.15) is 0 Å². The molecule has 1 aromatic rings. The zero-order valence-corrected chi connectivity index (χ0v) is 12.4. The molecule has 0 aliphatic heterocycles. The summed E-state index contributed by atoms with van der Waals surface area (Å²) in [7, 11) is 1.60. The van der Waals surface area contributed by atoms with Crippen LogP contribution in [0.4, 0.5) is 0 Å². The van der Waals surface area contributed by atoms with Crippen molar-refractivity contribution in [3.8, 4) is 0 Å². The highest BCUT2D eigenvalue weighted by Crippen LogP contribution is 2.17. The molecule has 0 aliphatic rings. The van der Waals surface area contributed by atoms with Crippen LogP contribution in [0, 0.1) is 0 Å². The van der Waals surface area contributed by atoms with Crippen molar-refractivity contribution >= 4 is 29.1 Å². The average Bonchev–Trinajstić information content (AvgIpc) is 2.32. The van der Waals surface area contributed by atoms with Crippen LogP contribution in [-0.4, -0.2) is 42.1 Å². The number of carbonyl (C=O) groups is 1. The molecule has 0 aliphatic carbocycles. The quantitative estimate of drug-likeness (QED) is 0.779. The highest BCUT2D eigenvalue weighted by Gasteiger charge is 2.19. The van der Waals surface area contributed by atoms with Crippen molar-refractivity contribution in [2.75, 3.05) is 20.3 Å². The highest BCUT2D eigenvalue weighted by molar-refractivity contribution is 6.32. The number of pyridine rings is 1. The molecule has 1 atom stereocenters. The van der Waals surface area contributed by atoms with E-state index in [0.717, 1.165) is 5.56 Å². The number of carbonyl (C=O) groups excluding carboxylic acids is 1. The van der Waals surface area contributed by atoms with Gasteiger partial charge in [-0.15, -0.1) is 0 Å². The van der Waals surface area contributed by atoms with E-state index in [1.807, 2.05) is 4.90 Å². The molecule has 0 saturated heterocycles. The van der Waals surface area contributed by atoms with Crippen LogP contribution in [0.3, 0.4) is 0 Å². The number of methoxy groups -OCH3 is 1. The summed E-state index contributed by atoms with van der Waals surface area (Å²) in [6.07, 6.45) is 0. The Kier molecular flexibility index (Phi) is 6.51. The predicted molar refractivity (Wildman–Crippen MR) is 75.2 cm³/mol. The van der Waals surface area contributed by atoms with Crippen LogP contribution < -0.4 is 5.73 Å². The predicted octanol–water partition coefficient (Wildman–Crippen LogP) is 1.71. The Morgan fingerprint density at radius 2 is 2.05 bits per heavy atom. The van der Waals surface area contributed by atoms with Gasteiger partial charge < -0.3 is 10.5 Å². The Morgan fingerprint density at radius 1 is 1.47 bits per heavy atom. The second-order valence-electron chi connectivity index (χ2n) is 4.16. The molecule has 0 saturated carbocycles. The van der Waals surface area contributed by atoms with E-state index in [1.165, 1.54) is 0 Å². The molecule has 0 spiro atoms. The Labute approximate surface area is 122 Å². The number of amides is 1. The molecule has 106 valence electrons. The van der Waals surface area contributed by atoms with Crippen molar-refractivity contribution in [1.29, 1.82) is 0 Å². The van der Waals surface area contributed by atoms with E-state index >= 15 is 0 Å². The van der Waals surface area contributed by atoms with Crippen LogP contribution >= 0.6 is 23.2 Å². The monoisotopic (exact) mass is 305 g/mol. The lowest BCUT2D eigenvalue weighted by molar-refractivity contribution is -0.123. The van der Waals surface area contributed by atoms with Gasteiger partial charge in [0.15, 0.2) is 0 Å². The van der Waals surface area contributed by atoms with Gasteiger partial charge in [0, 0.05) is 20.2 Å². The van der Waals surface area contributed by atoms with Crippen LogP contribution in [0.1, 0.15) is 12.5 Å². The first kappa shape index (κ1) is 16.2. The number of nitrogens with two attached hydrogens (primary N) is 1. The molecule has 7 heteroatoms. The summed E-state index contributed by atoms with van der Waals surface area (Å²) in [5.41, 5.74) is 6.21. The van der Waals surface area contributed by atoms with Gasteiger partial charge in [0.1, 0.15) is 10.3 Å². The van der Waals surface area contributed by atoms with Crippen molar-refractivity contribution in [2.24, 2.45) is 5.73 Å². The minimum atomic E-state index is -0.402. The van der Waals surface area contributed by atoms with Crippen molar-refractivity contribution < 1.29 is 9.53 Å². The fourth-order valence-electron chi connectivity index (χ4n) is 1.64. The molecule has 1 heterocycles. The van der Waals surface area contributed by atoms with Gasteiger partial charge in [-0.05, 0) is 24.6 Å². The van der Waals surface area contributed by atoms with Crippen molar-refractivity contribution in [3.63, 3.8) is 0 Å². The van der Waals surface area contributed by atoms with E-state index < -0.39 is 6.04 Å². The summed E-state index contributed by atoms with van der Waals surface area (Å²) in [6, 6.07) is 3.02. The van der Waals surface area contributed by atoms with Crippen LogP contribution in [0.5, 0.6) is 0 Å². The Morgan fingerprint density at radius 3 is 2.53 bits per heavy atom. The van der Waals surface area contributed by atoms with Gasteiger partial charge in [-0.3, -0.25) is 9.69 Å². The molecule has 1 unspecified atom stereocenters. The molecule has 19 heavy (non-hydrogen) atoms. The van der Waals surface area contributed by atoms with Gasteiger partial charge in [-0.1, -0.05) is 23.2 Å². The fraction of sp³-hybridized carbons (Fsp3) is 0.500. The zero-order chi connectivity index (χ0) is 14.4. The summed E-state index contributed by atoms with van der Waals surface area (Å²) in [6.45, 7) is 3.33. The number of aromatic nitrogens is 1.